The molecule has 0 atom stereocenters. The van der Waals surface area contributed by atoms with Gasteiger partial charge in [-0.15, -0.1) is 0 Å². The highest BCUT2D eigenvalue weighted by atomic mass is 15.0. The number of hydrogen-bond donors (Lipinski definition) is 1. The molecule has 0 radical (unpaired) electrons. The van der Waals surface area contributed by atoms with Crippen LogP contribution in [0.1, 0.15) is 58.8 Å². The maximum absolute atomic E-state index is 3.81. The van der Waals surface area contributed by atoms with Crippen molar-refractivity contribution in [2.45, 2.75) is 64.8 Å². The van der Waals surface area contributed by atoms with Gasteiger partial charge in [0.1, 0.15) is 0 Å². The van der Waals surface area contributed by atoms with Crippen molar-refractivity contribution in [2.24, 2.45) is 35.0 Å². The Kier molecular flexibility index (Phi) is 2.60. The molecule has 0 heterocycles. The molecule has 0 aromatic rings. The molecule has 0 spiro atoms. The molecule has 5 aliphatic carbocycles. The Hall–Kier alpha value is -0.0400. The molecular formula is C17H29N. The maximum Gasteiger partial charge on any atom is 0.00684 e. The Morgan fingerprint density at radius 3 is 1.94 bits per heavy atom. The molecule has 5 aliphatic rings. The van der Waals surface area contributed by atoms with Crippen molar-refractivity contribution in [3.05, 3.63) is 0 Å². The molecule has 4 bridgehead atoms. The summed E-state index contributed by atoms with van der Waals surface area (Å²) in [6.07, 6.45) is 10.7. The molecule has 1 heteroatoms. The first-order valence-corrected chi connectivity index (χ1v) is 8.35. The lowest BCUT2D eigenvalue weighted by molar-refractivity contribution is -0.0857. The van der Waals surface area contributed by atoms with E-state index < -0.39 is 0 Å². The third-order valence-corrected chi connectivity index (χ3v) is 6.55. The zero-order chi connectivity index (χ0) is 12.3. The molecule has 0 aromatic heterocycles. The summed E-state index contributed by atoms with van der Waals surface area (Å²) in [7, 11) is 0. The highest BCUT2D eigenvalue weighted by Gasteiger charge is 2.52. The standard InChI is InChI=1S/C17H29N/c1-17(2,10-18-15-3-4-15)16-13-6-11-5-12(8-13)9-14(16)7-11/h11-16,18H,3-10H2,1-2H3. The van der Waals surface area contributed by atoms with Crippen molar-refractivity contribution in [1.29, 1.82) is 0 Å². The third kappa shape index (κ3) is 1.94. The Morgan fingerprint density at radius 2 is 1.44 bits per heavy atom. The Morgan fingerprint density at radius 1 is 0.889 bits per heavy atom. The minimum absolute atomic E-state index is 0.533. The van der Waals surface area contributed by atoms with Gasteiger partial charge in [0, 0.05) is 12.6 Å². The van der Waals surface area contributed by atoms with Crippen LogP contribution in [0.15, 0.2) is 0 Å². The van der Waals surface area contributed by atoms with Crippen molar-refractivity contribution in [2.75, 3.05) is 6.54 Å². The lowest BCUT2D eigenvalue weighted by Crippen LogP contribution is -2.52. The summed E-state index contributed by atoms with van der Waals surface area (Å²) in [6, 6.07) is 0.876. The predicted molar refractivity (Wildman–Crippen MR) is 75.3 cm³/mol. The van der Waals surface area contributed by atoms with Gasteiger partial charge < -0.3 is 5.32 Å². The molecule has 0 saturated heterocycles. The molecule has 0 amide bonds. The highest BCUT2D eigenvalue weighted by molar-refractivity contribution is 5.03. The van der Waals surface area contributed by atoms with Gasteiger partial charge in [0.15, 0.2) is 0 Å². The predicted octanol–water partition coefficient (Wildman–Crippen LogP) is 3.84. The SMILES string of the molecule is CC(C)(CNC1CC1)C1C2CC3CC(C2)CC1C3. The van der Waals surface area contributed by atoms with Crippen LogP contribution in [0.25, 0.3) is 0 Å². The third-order valence-electron chi connectivity index (χ3n) is 6.55. The van der Waals surface area contributed by atoms with Crippen molar-refractivity contribution >= 4 is 0 Å². The molecule has 1 N–H and O–H groups in total. The summed E-state index contributed by atoms with van der Waals surface area (Å²) in [5.41, 5.74) is 0.533. The second kappa shape index (κ2) is 3.98. The van der Waals surface area contributed by atoms with Crippen molar-refractivity contribution in [1.82, 2.24) is 5.32 Å². The Bertz CT molecular complexity index is 301. The molecular weight excluding hydrogens is 218 g/mol. The lowest BCUT2D eigenvalue weighted by Gasteiger charge is -2.59. The van der Waals surface area contributed by atoms with E-state index in [-0.39, 0.29) is 0 Å². The molecule has 0 aromatic carbocycles. The van der Waals surface area contributed by atoms with E-state index in [2.05, 4.69) is 19.2 Å². The van der Waals surface area contributed by atoms with Gasteiger partial charge in [-0.3, -0.25) is 0 Å². The lowest BCUT2D eigenvalue weighted by atomic mass is 9.47. The fourth-order valence-corrected chi connectivity index (χ4v) is 6.01. The van der Waals surface area contributed by atoms with Crippen LogP contribution in [-0.4, -0.2) is 12.6 Å². The first-order chi connectivity index (χ1) is 8.62. The zero-order valence-corrected chi connectivity index (χ0v) is 12.1. The summed E-state index contributed by atoms with van der Waals surface area (Å²) in [6.45, 7) is 6.37. The van der Waals surface area contributed by atoms with E-state index in [1.807, 2.05) is 0 Å². The van der Waals surface area contributed by atoms with Crippen LogP contribution in [0.3, 0.4) is 0 Å². The largest absolute Gasteiger partial charge is 0.313 e. The zero-order valence-electron chi connectivity index (χ0n) is 12.1. The molecule has 0 unspecified atom stereocenters. The Labute approximate surface area is 112 Å². The van der Waals surface area contributed by atoms with Crippen LogP contribution in [-0.2, 0) is 0 Å². The number of hydrogen-bond acceptors (Lipinski definition) is 1. The quantitative estimate of drug-likeness (QED) is 0.796. The van der Waals surface area contributed by atoms with E-state index >= 15 is 0 Å². The second-order valence-electron chi connectivity index (χ2n) is 8.60. The van der Waals surface area contributed by atoms with Gasteiger partial charge >= 0.3 is 0 Å². The van der Waals surface area contributed by atoms with Gasteiger partial charge in [-0.1, -0.05) is 13.8 Å². The molecule has 0 aliphatic heterocycles. The van der Waals surface area contributed by atoms with Crippen LogP contribution in [0.5, 0.6) is 0 Å². The number of nitrogens with one attached hydrogen (secondary N) is 1. The van der Waals surface area contributed by atoms with E-state index in [1.54, 1.807) is 32.1 Å². The normalized spacial score (nSPS) is 46.7. The highest BCUT2D eigenvalue weighted by Crippen LogP contribution is 2.60. The summed E-state index contributed by atoms with van der Waals surface area (Å²) >= 11 is 0. The fraction of sp³-hybridized carbons (Fsp3) is 1.00. The molecule has 5 saturated carbocycles. The second-order valence-corrected chi connectivity index (χ2v) is 8.60. The van der Waals surface area contributed by atoms with Crippen LogP contribution >= 0.6 is 0 Å². The molecule has 102 valence electrons. The average molecular weight is 247 g/mol. The van der Waals surface area contributed by atoms with Gasteiger partial charge in [0.05, 0.1) is 0 Å². The fourth-order valence-electron chi connectivity index (χ4n) is 6.01. The topological polar surface area (TPSA) is 12.0 Å². The van der Waals surface area contributed by atoms with E-state index in [0.717, 1.165) is 35.6 Å². The van der Waals surface area contributed by atoms with E-state index in [4.69, 9.17) is 0 Å². The van der Waals surface area contributed by atoms with Crippen LogP contribution in [0, 0.1) is 35.0 Å². The van der Waals surface area contributed by atoms with E-state index in [9.17, 15) is 0 Å². The minimum atomic E-state index is 0.533. The molecule has 18 heavy (non-hydrogen) atoms. The van der Waals surface area contributed by atoms with Crippen molar-refractivity contribution in [3.63, 3.8) is 0 Å². The summed E-state index contributed by atoms with van der Waals surface area (Å²) in [5.74, 6) is 5.43. The summed E-state index contributed by atoms with van der Waals surface area (Å²) < 4.78 is 0. The van der Waals surface area contributed by atoms with Crippen LogP contribution in [0.2, 0.25) is 0 Å². The van der Waals surface area contributed by atoms with Crippen molar-refractivity contribution < 1.29 is 0 Å². The maximum atomic E-state index is 3.81. The minimum Gasteiger partial charge on any atom is -0.313 e. The van der Waals surface area contributed by atoms with E-state index in [1.165, 1.54) is 19.4 Å². The van der Waals surface area contributed by atoms with Gasteiger partial charge in [-0.05, 0) is 80.0 Å². The molecule has 5 rings (SSSR count). The van der Waals surface area contributed by atoms with Gasteiger partial charge in [-0.25, -0.2) is 0 Å². The average Bonchev–Trinajstić information content (AvgIpc) is 3.08. The first kappa shape index (κ1) is 11.8. The van der Waals surface area contributed by atoms with Crippen molar-refractivity contribution in [3.8, 4) is 0 Å². The first-order valence-electron chi connectivity index (χ1n) is 8.35. The monoisotopic (exact) mass is 247 g/mol. The summed E-state index contributed by atoms with van der Waals surface area (Å²) in [4.78, 5) is 0. The summed E-state index contributed by atoms with van der Waals surface area (Å²) in [5, 5.41) is 3.81. The molecule has 5 fully saturated rings. The molecule has 1 nitrogen and oxygen atoms in total. The van der Waals surface area contributed by atoms with Gasteiger partial charge in [0.25, 0.3) is 0 Å². The Balaban J connectivity index is 1.49. The van der Waals surface area contributed by atoms with E-state index in [0.29, 0.717) is 5.41 Å². The van der Waals surface area contributed by atoms with Gasteiger partial charge in [-0.2, -0.15) is 0 Å². The van der Waals surface area contributed by atoms with Crippen LogP contribution < -0.4 is 5.32 Å². The van der Waals surface area contributed by atoms with Crippen LogP contribution in [0.4, 0.5) is 0 Å². The smallest absolute Gasteiger partial charge is 0.00684 e. The number of rotatable bonds is 4. The van der Waals surface area contributed by atoms with Gasteiger partial charge in [0.2, 0.25) is 0 Å².